The molecule has 0 radical (unpaired) electrons. The first-order valence-electron chi connectivity index (χ1n) is 10.6. The fraction of sp³-hybridized carbons (Fsp3) is 0.208. The van der Waals surface area contributed by atoms with Gasteiger partial charge in [0.2, 0.25) is 0 Å². The smallest absolute Gasteiger partial charge is 0.278 e. The number of carbonyl (C=O) groups excluding carboxylic acids is 1. The SMILES string of the molecule is COc1ccc(OC)c(NC(=O)c2nnn(-c3ccc(Br)cc3)c2CSc2nc(C)cc(C)n2)c1. The van der Waals surface area contributed by atoms with Gasteiger partial charge in [0.15, 0.2) is 10.9 Å². The van der Waals surface area contributed by atoms with Gasteiger partial charge in [0.1, 0.15) is 11.5 Å². The summed E-state index contributed by atoms with van der Waals surface area (Å²) >= 11 is 4.86. The molecule has 4 aromatic rings. The number of aryl methyl sites for hydroxylation is 2. The quantitative estimate of drug-likeness (QED) is 0.239. The monoisotopic (exact) mass is 554 g/mol. The van der Waals surface area contributed by atoms with Crippen molar-refractivity contribution >= 4 is 39.3 Å². The van der Waals surface area contributed by atoms with Gasteiger partial charge in [0, 0.05) is 27.7 Å². The van der Waals surface area contributed by atoms with Crippen molar-refractivity contribution in [3.05, 3.63) is 75.8 Å². The lowest BCUT2D eigenvalue weighted by molar-refractivity contribution is 0.102. The number of benzene rings is 2. The number of thioether (sulfide) groups is 1. The van der Waals surface area contributed by atoms with E-state index in [9.17, 15) is 4.79 Å². The lowest BCUT2D eigenvalue weighted by Gasteiger charge is -2.12. The van der Waals surface area contributed by atoms with Gasteiger partial charge in [-0.15, -0.1) is 5.10 Å². The summed E-state index contributed by atoms with van der Waals surface area (Å²) in [6.07, 6.45) is 0. The van der Waals surface area contributed by atoms with Crippen molar-refractivity contribution in [1.82, 2.24) is 25.0 Å². The summed E-state index contributed by atoms with van der Waals surface area (Å²) in [6.45, 7) is 3.85. The number of anilines is 1. The molecule has 0 aliphatic carbocycles. The number of amides is 1. The number of halogens is 1. The number of nitrogens with one attached hydrogen (secondary N) is 1. The summed E-state index contributed by atoms with van der Waals surface area (Å²) in [7, 11) is 3.09. The Labute approximate surface area is 215 Å². The van der Waals surface area contributed by atoms with E-state index in [2.05, 4.69) is 41.5 Å². The van der Waals surface area contributed by atoms with Gasteiger partial charge >= 0.3 is 0 Å². The van der Waals surface area contributed by atoms with Crippen molar-refractivity contribution in [3.8, 4) is 17.2 Å². The zero-order valence-corrected chi connectivity index (χ0v) is 22.0. The minimum atomic E-state index is -0.420. The number of nitrogens with zero attached hydrogens (tertiary/aromatic N) is 5. The van der Waals surface area contributed by atoms with E-state index in [1.165, 1.54) is 18.9 Å². The molecular weight excluding hydrogens is 532 g/mol. The van der Waals surface area contributed by atoms with Gasteiger partial charge in [-0.25, -0.2) is 14.6 Å². The molecule has 2 aromatic heterocycles. The molecule has 35 heavy (non-hydrogen) atoms. The standard InChI is InChI=1S/C24H23BrN6O3S/c1-14-11-15(2)27-24(26-14)35-13-20-22(29-30-31(20)17-7-5-16(25)6-8-17)23(32)28-19-12-18(33-3)9-10-21(19)34-4/h5-12H,13H2,1-4H3,(H,28,32). The molecule has 0 fully saturated rings. The number of hydrogen-bond donors (Lipinski definition) is 1. The third kappa shape index (κ3) is 5.80. The minimum absolute atomic E-state index is 0.190. The molecule has 1 amide bonds. The third-order valence-corrected chi connectivity index (χ3v) is 6.39. The molecule has 0 saturated heterocycles. The normalized spacial score (nSPS) is 10.8. The first-order chi connectivity index (χ1) is 16.9. The molecule has 4 rings (SSSR count). The highest BCUT2D eigenvalue weighted by Crippen LogP contribution is 2.30. The Morgan fingerprint density at radius 1 is 1.03 bits per heavy atom. The fourth-order valence-electron chi connectivity index (χ4n) is 3.38. The Bertz CT molecular complexity index is 1340. The van der Waals surface area contributed by atoms with Crippen molar-refractivity contribution in [3.63, 3.8) is 0 Å². The maximum absolute atomic E-state index is 13.3. The molecule has 0 bridgehead atoms. The van der Waals surface area contributed by atoms with Gasteiger partial charge in [-0.1, -0.05) is 32.9 Å². The van der Waals surface area contributed by atoms with Gasteiger partial charge in [-0.05, 0) is 56.3 Å². The van der Waals surface area contributed by atoms with Crippen LogP contribution in [-0.4, -0.2) is 45.1 Å². The summed E-state index contributed by atoms with van der Waals surface area (Å²) in [5.41, 5.74) is 3.79. The molecule has 0 spiro atoms. The summed E-state index contributed by atoms with van der Waals surface area (Å²) < 4.78 is 13.3. The highest BCUT2D eigenvalue weighted by atomic mass is 79.9. The molecule has 9 nitrogen and oxygen atoms in total. The summed E-state index contributed by atoms with van der Waals surface area (Å²) in [4.78, 5) is 22.3. The van der Waals surface area contributed by atoms with Crippen molar-refractivity contribution in [2.45, 2.75) is 24.8 Å². The van der Waals surface area contributed by atoms with Gasteiger partial charge in [-0.3, -0.25) is 4.79 Å². The number of aromatic nitrogens is 5. The first-order valence-corrected chi connectivity index (χ1v) is 12.3. The summed E-state index contributed by atoms with van der Waals surface area (Å²) in [5, 5.41) is 12.0. The molecule has 0 unspecified atom stereocenters. The molecule has 11 heteroatoms. The maximum atomic E-state index is 13.3. The Kier molecular flexibility index (Phi) is 7.67. The van der Waals surface area contributed by atoms with Crippen LogP contribution >= 0.6 is 27.7 Å². The molecule has 0 atom stereocenters. The van der Waals surface area contributed by atoms with Crippen LogP contribution in [-0.2, 0) is 5.75 Å². The Morgan fingerprint density at radius 3 is 2.40 bits per heavy atom. The van der Waals surface area contributed by atoms with E-state index in [-0.39, 0.29) is 5.69 Å². The number of ether oxygens (including phenoxy) is 2. The van der Waals surface area contributed by atoms with Crippen LogP contribution in [0.4, 0.5) is 5.69 Å². The van der Waals surface area contributed by atoms with E-state index in [1.54, 1.807) is 30.0 Å². The second kappa shape index (κ2) is 10.9. The topological polar surface area (TPSA) is 104 Å². The summed E-state index contributed by atoms with van der Waals surface area (Å²) in [5.74, 6) is 1.04. The number of rotatable bonds is 8. The van der Waals surface area contributed by atoms with Crippen LogP contribution in [0, 0.1) is 13.8 Å². The third-order valence-electron chi connectivity index (χ3n) is 5.00. The average molecular weight is 555 g/mol. The zero-order chi connectivity index (χ0) is 24.9. The van der Waals surface area contributed by atoms with Crippen LogP contribution < -0.4 is 14.8 Å². The van der Waals surface area contributed by atoms with Crippen molar-refractivity contribution in [1.29, 1.82) is 0 Å². The molecule has 0 aliphatic heterocycles. The van der Waals surface area contributed by atoms with Crippen LogP contribution in [0.3, 0.4) is 0 Å². The van der Waals surface area contributed by atoms with Crippen LogP contribution in [0.25, 0.3) is 5.69 Å². The Morgan fingerprint density at radius 2 is 1.74 bits per heavy atom. The van der Waals surface area contributed by atoms with Crippen molar-refractivity contribution in [2.75, 3.05) is 19.5 Å². The molecule has 0 aliphatic rings. The number of methoxy groups -OCH3 is 2. The Balaban J connectivity index is 1.69. The highest BCUT2D eigenvalue weighted by Gasteiger charge is 2.23. The molecule has 180 valence electrons. The minimum Gasteiger partial charge on any atom is -0.497 e. The first kappa shape index (κ1) is 24.7. The van der Waals surface area contributed by atoms with E-state index in [0.717, 1.165) is 21.5 Å². The van der Waals surface area contributed by atoms with Crippen LogP contribution in [0.2, 0.25) is 0 Å². The highest BCUT2D eigenvalue weighted by molar-refractivity contribution is 9.10. The summed E-state index contributed by atoms with van der Waals surface area (Å²) in [6, 6.07) is 14.7. The van der Waals surface area contributed by atoms with Crippen molar-refractivity contribution < 1.29 is 14.3 Å². The molecule has 0 saturated carbocycles. The average Bonchev–Trinajstić information content (AvgIpc) is 3.26. The zero-order valence-electron chi connectivity index (χ0n) is 19.6. The Hall–Kier alpha value is -3.44. The van der Waals surface area contributed by atoms with E-state index in [1.807, 2.05) is 44.2 Å². The second-order valence-corrected chi connectivity index (χ2v) is 9.37. The van der Waals surface area contributed by atoms with Gasteiger partial charge in [-0.2, -0.15) is 0 Å². The predicted octanol–water partition coefficient (Wildman–Crippen LogP) is 5.00. The van der Waals surface area contributed by atoms with E-state index < -0.39 is 5.91 Å². The van der Waals surface area contributed by atoms with Gasteiger partial charge < -0.3 is 14.8 Å². The van der Waals surface area contributed by atoms with E-state index in [4.69, 9.17) is 9.47 Å². The van der Waals surface area contributed by atoms with Crippen LogP contribution in [0.1, 0.15) is 27.6 Å². The lowest BCUT2D eigenvalue weighted by Crippen LogP contribution is -2.16. The maximum Gasteiger partial charge on any atom is 0.278 e. The predicted molar refractivity (Wildman–Crippen MR) is 138 cm³/mol. The van der Waals surface area contributed by atoms with Gasteiger partial charge in [0.05, 0.1) is 31.3 Å². The number of hydrogen-bond acceptors (Lipinski definition) is 8. The lowest BCUT2D eigenvalue weighted by atomic mass is 10.2. The van der Waals surface area contributed by atoms with Crippen LogP contribution in [0.5, 0.6) is 11.5 Å². The fourth-order valence-corrected chi connectivity index (χ4v) is 4.59. The van der Waals surface area contributed by atoms with Gasteiger partial charge in [0.25, 0.3) is 5.91 Å². The molecule has 2 heterocycles. The van der Waals surface area contributed by atoms with E-state index in [0.29, 0.717) is 33.8 Å². The second-order valence-electron chi connectivity index (χ2n) is 7.52. The molecule has 2 aromatic carbocycles. The van der Waals surface area contributed by atoms with Crippen molar-refractivity contribution in [2.24, 2.45) is 0 Å². The van der Waals surface area contributed by atoms with E-state index >= 15 is 0 Å². The molecular formula is C24H23BrN6O3S. The largest absolute Gasteiger partial charge is 0.497 e. The van der Waals surface area contributed by atoms with Crippen LogP contribution in [0.15, 0.2) is 58.2 Å². The molecule has 1 N–H and O–H groups in total. The number of carbonyl (C=O) groups is 1.